The third-order valence-electron chi connectivity index (χ3n) is 3.73. The van der Waals surface area contributed by atoms with Crippen LogP contribution in [0, 0.1) is 6.92 Å². The number of carbonyl (C=O) groups excluding carboxylic acids is 1. The first-order valence-electron chi connectivity index (χ1n) is 8.14. The zero-order valence-corrected chi connectivity index (χ0v) is 14.1. The second-order valence-corrected chi connectivity index (χ2v) is 5.78. The van der Waals surface area contributed by atoms with Crippen LogP contribution in [0.5, 0.6) is 0 Å². The van der Waals surface area contributed by atoms with Crippen molar-refractivity contribution in [2.45, 2.75) is 20.0 Å². The van der Waals surface area contributed by atoms with Gasteiger partial charge < -0.3 is 10.6 Å². The van der Waals surface area contributed by atoms with Crippen molar-refractivity contribution in [3.63, 3.8) is 0 Å². The van der Waals surface area contributed by atoms with E-state index in [1.807, 2.05) is 30.3 Å². The number of nitrogens with zero attached hydrogens (tertiary/aromatic N) is 2. The fraction of sp³-hybridized carbons (Fsp3) is 0.150. The molecule has 0 unspecified atom stereocenters. The van der Waals surface area contributed by atoms with Crippen LogP contribution in [0.3, 0.4) is 0 Å². The molecule has 25 heavy (non-hydrogen) atoms. The van der Waals surface area contributed by atoms with Gasteiger partial charge in [-0.2, -0.15) is 0 Å². The van der Waals surface area contributed by atoms with Crippen molar-refractivity contribution in [1.29, 1.82) is 0 Å². The van der Waals surface area contributed by atoms with Gasteiger partial charge in [0.05, 0.1) is 24.1 Å². The molecule has 1 aromatic carbocycles. The lowest BCUT2D eigenvalue weighted by Crippen LogP contribution is -2.24. The Kier molecular flexibility index (Phi) is 5.36. The molecule has 5 nitrogen and oxygen atoms in total. The summed E-state index contributed by atoms with van der Waals surface area (Å²) in [5.41, 5.74) is 4.52. The monoisotopic (exact) mass is 332 g/mol. The second kappa shape index (κ2) is 8.06. The summed E-state index contributed by atoms with van der Waals surface area (Å²) >= 11 is 0. The van der Waals surface area contributed by atoms with Crippen LogP contribution in [0.4, 0.5) is 5.69 Å². The fourth-order valence-corrected chi connectivity index (χ4v) is 2.42. The first kappa shape index (κ1) is 16.6. The first-order valence-corrected chi connectivity index (χ1v) is 8.14. The van der Waals surface area contributed by atoms with E-state index in [1.165, 1.54) is 11.1 Å². The minimum atomic E-state index is -0.212. The zero-order chi connectivity index (χ0) is 17.5. The zero-order valence-electron chi connectivity index (χ0n) is 14.1. The van der Waals surface area contributed by atoms with E-state index in [-0.39, 0.29) is 5.91 Å². The average Bonchev–Trinajstić information content (AvgIpc) is 2.66. The maximum absolute atomic E-state index is 12.1. The average molecular weight is 332 g/mol. The lowest BCUT2D eigenvalue weighted by molar-refractivity contribution is 0.0945. The van der Waals surface area contributed by atoms with E-state index >= 15 is 0 Å². The van der Waals surface area contributed by atoms with Crippen LogP contribution in [0.25, 0.3) is 0 Å². The van der Waals surface area contributed by atoms with Crippen LogP contribution in [0.15, 0.2) is 67.0 Å². The number of aromatic nitrogens is 2. The third kappa shape index (κ3) is 4.88. The predicted octanol–water partition coefficient (Wildman–Crippen LogP) is 3.33. The molecule has 2 heterocycles. The smallest absolute Gasteiger partial charge is 0.270 e. The van der Waals surface area contributed by atoms with Gasteiger partial charge in [-0.1, -0.05) is 35.9 Å². The SMILES string of the molecule is Cc1cccc(CNc2ccc(C(=O)NCc3ccccn3)nc2)c1. The van der Waals surface area contributed by atoms with Crippen molar-refractivity contribution in [3.05, 3.63) is 89.5 Å². The number of rotatable bonds is 6. The van der Waals surface area contributed by atoms with Gasteiger partial charge >= 0.3 is 0 Å². The van der Waals surface area contributed by atoms with Gasteiger partial charge in [0.25, 0.3) is 5.91 Å². The summed E-state index contributed by atoms with van der Waals surface area (Å²) in [6.07, 6.45) is 3.37. The Morgan fingerprint density at radius 1 is 1.00 bits per heavy atom. The fourth-order valence-electron chi connectivity index (χ4n) is 2.42. The third-order valence-corrected chi connectivity index (χ3v) is 3.73. The Morgan fingerprint density at radius 2 is 1.92 bits per heavy atom. The molecule has 2 N–H and O–H groups in total. The van der Waals surface area contributed by atoms with Gasteiger partial charge in [-0.25, -0.2) is 4.98 Å². The molecule has 1 amide bonds. The highest BCUT2D eigenvalue weighted by Crippen LogP contribution is 2.10. The van der Waals surface area contributed by atoms with Crippen molar-refractivity contribution in [2.75, 3.05) is 5.32 Å². The largest absolute Gasteiger partial charge is 0.380 e. The van der Waals surface area contributed by atoms with Gasteiger partial charge in [0, 0.05) is 12.7 Å². The molecule has 0 aliphatic carbocycles. The van der Waals surface area contributed by atoms with Gasteiger partial charge in [-0.05, 0) is 36.8 Å². The number of aryl methyl sites for hydroxylation is 1. The standard InChI is InChI=1S/C20H20N4O/c1-15-5-4-6-16(11-15)12-22-18-8-9-19(23-13-18)20(25)24-14-17-7-2-3-10-21-17/h2-11,13,22H,12,14H2,1H3,(H,24,25). The van der Waals surface area contributed by atoms with Gasteiger partial charge in [0.1, 0.15) is 5.69 Å². The van der Waals surface area contributed by atoms with Gasteiger partial charge in [-0.15, -0.1) is 0 Å². The van der Waals surface area contributed by atoms with Crippen molar-refractivity contribution >= 4 is 11.6 Å². The molecule has 0 aliphatic rings. The molecule has 3 aromatic rings. The quantitative estimate of drug-likeness (QED) is 0.726. The van der Waals surface area contributed by atoms with Gasteiger partial charge in [0.2, 0.25) is 0 Å². The molecule has 2 aromatic heterocycles. The van der Waals surface area contributed by atoms with E-state index in [9.17, 15) is 4.79 Å². The summed E-state index contributed by atoms with van der Waals surface area (Å²) in [6.45, 7) is 3.17. The van der Waals surface area contributed by atoms with E-state index in [4.69, 9.17) is 0 Å². The molecule has 0 aliphatic heterocycles. The molecular weight excluding hydrogens is 312 g/mol. The molecule has 3 rings (SSSR count). The van der Waals surface area contributed by atoms with E-state index in [1.54, 1.807) is 18.5 Å². The number of anilines is 1. The molecule has 126 valence electrons. The van der Waals surface area contributed by atoms with Gasteiger partial charge in [-0.3, -0.25) is 9.78 Å². The number of carbonyl (C=O) groups is 1. The highest BCUT2D eigenvalue weighted by molar-refractivity contribution is 5.92. The topological polar surface area (TPSA) is 66.9 Å². The molecule has 0 saturated carbocycles. The second-order valence-electron chi connectivity index (χ2n) is 5.78. The lowest BCUT2D eigenvalue weighted by Gasteiger charge is -2.08. The van der Waals surface area contributed by atoms with Crippen LogP contribution in [0.2, 0.25) is 0 Å². The molecule has 0 atom stereocenters. The first-order chi connectivity index (χ1) is 12.2. The summed E-state index contributed by atoms with van der Waals surface area (Å²) in [4.78, 5) is 20.5. The van der Waals surface area contributed by atoms with E-state index in [0.29, 0.717) is 18.8 Å². The Bertz CT molecular complexity index is 832. The Labute approximate surface area is 147 Å². The maximum Gasteiger partial charge on any atom is 0.270 e. The van der Waals surface area contributed by atoms with Crippen LogP contribution in [-0.4, -0.2) is 15.9 Å². The summed E-state index contributed by atoms with van der Waals surface area (Å²) in [6, 6.07) is 17.5. The molecule has 0 fully saturated rings. The van der Waals surface area contributed by atoms with Crippen LogP contribution in [0.1, 0.15) is 27.3 Å². The number of amides is 1. The maximum atomic E-state index is 12.1. The summed E-state index contributed by atoms with van der Waals surface area (Å²) < 4.78 is 0. The number of benzene rings is 1. The number of hydrogen-bond donors (Lipinski definition) is 2. The number of nitrogens with one attached hydrogen (secondary N) is 2. The van der Waals surface area contributed by atoms with Crippen LogP contribution >= 0.6 is 0 Å². The van der Waals surface area contributed by atoms with Crippen molar-refractivity contribution in [3.8, 4) is 0 Å². The molecule has 0 bridgehead atoms. The Morgan fingerprint density at radius 3 is 2.64 bits per heavy atom. The van der Waals surface area contributed by atoms with Crippen molar-refractivity contribution < 1.29 is 4.79 Å². The predicted molar refractivity (Wildman–Crippen MR) is 98.1 cm³/mol. The highest BCUT2D eigenvalue weighted by Gasteiger charge is 2.07. The summed E-state index contributed by atoms with van der Waals surface area (Å²) in [7, 11) is 0. The number of pyridine rings is 2. The van der Waals surface area contributed by atoms with Crippen molar-refractivity contribution in [2.24, 2.45) is 0 Å². The molecule has 0 spiro atoms. The van der Waals surface area contributed by atoms with Crippen LogP contribution in [-0.2, 0) is 13.1 Å². The number of hydrogen-bond acceptors (Lipinski definition) is 4. The summed E-state index contributed by atoms with van der Waals surface area (Å²) in [5, 5.41) is 6.12. The molecular formula is C20H20N4O. The normalized spacial score (nSPS) is 10.3. The minimum Gasteiger partial charge on any atom is -0.380 e. The van der Waals surface area contributed by atoms with Crippen LogP contribution < -0.4 is 10.6 Å². The lowest BCUT2D eigenvalue weighted by atomic mass is 10.1. The van der Waals surface area contributed by atoms with E-state index in [0.717, 1.165) is 11.4 Å². The summed E-state index contributed by atoms with van der Waals surface area (Å²) in [5.74, 6) is -0.212. The van der Waals surface area contributed by atoms with E-state index in [2.05, 4.69) is 45.7 Å². The molecule has 5 heteroatoms. The molecule has 0 radical (unpaired) electrons. The highest BCUT2D eigenvalue weighted by atomic mass is 16.1. The van der Waals surface area contributed by atoms with E-state index < -0.39 is 0 Å². The van der Waals surface area contributed by atoms with Crippen molar-refractivity contribution in [1.82, 2.24) is 15.3 Å². The minimum absolute atomic E-state index is 0.212. The van der Waals surface area contributed by atoms with Gasteiger partial charge in [0.15, 0.2) is 0 Å². The Balaban J connectivity index is 1.53. The molecule has 0 saturated heterocycles. The Hall–Kier alpha value is -3.21.